The second-order valence-electron chi connectivity index (χ2n) is 7.00. The third-order valence-electron chi connectivity index (χ3n) is 3.58. The van der Waals surface area contributed by atoms with Crippen LogP contribution >= 0.6 is 0 Å². The van der Waals surface area contributed by atoms with E-state index in [2.05, 4.69) is 0 Å². The van der Waals surface area contributed by atoms with Gasteiger partial charge >= 0.3 is 6.09 Å². The van der Waals surface area contributed by atoms with Crippen LogP contribution in [0.4, 0.5) is 4.79 Å². The van der Waals surface area contributed by atoms with Gasteiger partial charge in [0.25, 0.3) is 0 Å². The standard InChI is InChI=1S/C17H25NO4/c1-16(2,3)22-15(20)18-13(11-19)14(21-17(18,4)5)12-9-7-6-8-10-12/h6-10,13-14,19H,11H2,1-5H3. The van der Waals surface area contributed by atoms with Gasteiger partial charge in [-0.05, 0) is 40.2 Å². The number of hydrogen-bond donors (Lipinski definition) is 1. The van der Waals surface area contributed by atoms with Gasteiger partial charge in [-0.2, -0.15) is 0 Å². The van der Waals surface area contributed by atoms with Crippen molar-refractivity contribution in [2.75, 3.05) is 6.61 Å². The topological polar surface area (TPSA) is 59.0 Å². The number of carbonyl (C=O) groups excluding carboxylic acids is 1. The van der Waals surface area contributed by atoms with Crippen LogP contribution in [0.3, 0.4) is 0 Å². The summed E-state index contributed by atoms with van der Waals surface area (Å²) < 4.78 is 11.5. The minimum Gasteiger partial charge on any atom is -0.444 e. The minimum atomic E-state index is -0.851. The number of ether oxygens (including phenoxy) is 2. The quantitative estimate of drug-likeness (QED) is 0.912. The van der Waals surface area contributed by atoms with Crippen LogP contribution in [0.5, 0.6) is 0 Å². The Morgan fingerprint density at radius 1 is 1.32 bits per heavy atom. The van der Waals surface area contributed by atoms with Crippen molar-refractivity contribution in [3.63, 3.8) is 0 Å². The Labute approximate surface area is 131 Å². The molecule has 22 heavy (non-hydrogen) atoms. The van der Waals surface area contributed by atoms with Gasteiger partial charge in [-0.3, -0.25) is 4.90 Å². The number of nitrogens with zero attached hydrogens (tertiary/aromatic N) is 1. The minimum absolute atomic E-state index is 0.192. The van der Waals surface area contributed by atoms with Gasteiger partial charge in [0, 0.05) is 0 Å². The van der Waals surface area contributed by atoms with Crippen LogP contribution in [0.25, 0.3) is 0 Å². The molecule has 1 aliphatic heterocycles. The summed E-state index contributed by atoms with van der Waals surface area (Å²) in [5.74, 6) is 0. The zero-order valence-corrected chi connectivity index (χ0v) is 13.9. The van der Waals surface area contributed by atoms with E-state index in [-0.39, 0.29) is 12.7 Å². The molecule has 0 aliphatic carbocycles. The normalized spacial score (nSPS) is 24.4. The molecular weight excluding hydrogens is 282 g/mol. The van der Waals surface area contributed by atoms with E-state index in [0.29, 0.717) is 0 Å². The van der Waals surface area contributed by atoms with Gasteiger partial charge in [0.2, 0.25) is 0 Å². The van der Waals surface area contributed by atoms with Crippen molar-refractivity contribution in [3.8, 4) is 0 Å². The first kappa shape index (κ1) is 16.8. The van der Waals surface area contributed by atoms with Crippen molar-refractivity contribution in [2.24, 2.45) is 0 Å². The molecule has 1 aromatic rings. The van der Waals surface area contributed by atoms with E-state index in [1.165, 1.54) is 4.90 Å². The SMILES string of the molecule is CC(C)(C)OC(=O)N1C(CO)C(c2ccccc2)OC1(C)C. The van der Waals surface area contributed by atoms with Crippen LogP contribution in [0.2, 0.25) is 0 Å². The molecular formula is C17H25NO4. The Hall–Kier alpha value is -1.59. The summed E-state index contributed by atoms with van der Waals surface area (Å²) in [6, 6.07) is 9.13. The smallest absolute Gasteiger partial charge is 0.413 e. The Bertz CT molecular complexity index is 521. The lowest BCUT2D eigenvalue weighted by molar-refractivity contribution is -0.0799. The highest BCUT2D eigenvalue weighted by Crippen LogP contribution is 2.41. The molecule has 5 heteroatoms. The van der Waals surface area contributed by atoms with Crippen LogP contribution in [-0.4, -0.2) is 40.1 Å². The molecule has 2 atom stereocenters. The van der Waals surface area contributed by atoms with Crippen molar-refractivity contribution in [1.82, 2.24) is 4.90 Å². The molecule has 122 valence electrons. The summed E-state index contributed by atoms with van der Waals surface area (Å²) in [7, 11) is 0. The van der Waals surface area contributed by atoms with Gasteiger partial charge < -0.3 is 14.6 Å². The lowest BCUT2D eigenvalue weighted by Gasteiger charge is -2.34. The zero-order chi connectivity index (χ0) is 16.5. The summed E-state index contributed by atoms with van der Waals surface area (Å²) >= 11 is 0. The molecule has 1 aromatic carbocycles. The highest BCUT2D eigenvalue weighted by Gasteiger charge is 2.51. The maximum atomic E-state index is 12.5. The molecule has 0 saturated carbocycles. The van der Waals surface area contributed by atoms with Crippen LogP contribution < -0.4 is 0 Å². The zero-order valence-electron chi connectivity index (χ0n) is 13.9. The predicted molar refractivity (Wildman–Crippen MR) is 83.3 cm³/mol. The first-order valence-corrected chi connectivity index (χ1v) is 7.51. The molecule has 0 radical (unpaired) electrons. The molecule has 2 unspecified atom stereocenters. The van der Waals surface area contributed by atoms with E-state index in [9.17, 15) is 9.90 Å². The van der Waals surface area contributed by atoms with Gasteiger partial charge in [0.1, 0.15) is 17.4 Å². The molecule has 1 fully saturated rings. The molecule has 1 amide bonds. The molecule has 1 saturated heterocycles. The summed E-state index contributed by atoms with van der Waals surface area (Å²) in [5.41, 5.74) is -0.519. The van der Waals surface area contributed by atoms with Gasteiger partial charge in [-0.15, -0.1) is 0 Å². The van der Waals surface area contributed by atoms with E-state index in [1.807, 2.05) is 65.0 Å². The third-order valence-corrected chi connectivity index (χ3v) is 3.58. The molecule has 0 bridgehead atoms. The van der Waals surface area contributed by atoms with Crippen LogP contribution in [-0.2, 0) is 9.47 Å². The van der Waals surface area contributed by atoms with E-state index in [4.69, 9.17) is 9.47 Å². The number of aliphatic hydroxyl groups is 1. The Kier molecular flexibility index (Phi) is 4.49. The lowest BCUT2D eigenvalue weighted by atomic mass is 10.0. The number of carbonyl (C=O) groups is 1. The average molecular weight is 307 g/mol. The maximum absolute atomic E-state index is 12.5. The van der Waals surface area contributed by atoms with Gasteiger partial charge in [0.05, 0.1) is 12.6 Å². The van der Waals surface area contributed by atoms with E-state index in [0.717, 1.165) is 5.56 Å². The first-order chi connectivity index (χ1) is 10.2. The van der Waals surface area contributed by atoms with Crippen LogP contribution in [0.15, 0.2) is 30.3 Å². The van der Waals surface area contributed by atoms with Gasteiger partial charge in [-0.1, -0.05) is 30.3 Å². The fraction of sp³-hybridized carbons (Fsp3) is 0.588. The number of amides is 1. The number of aliphatic hydroxyl groups excluding tert-OH is 1. The second kappa shape index (κ2) is 5.89. The summed E-state index contributed by atoms with van der Waals surface area (Å²) in [5, 5.41) is 9.82. The van der Waals surface area contributed by atoms with Gasteiger partial charge in [-0.25, -0.2) is 4.79 Å². The number of hydrogen-bond acceptors (Lipinski definition) is 4. The van der Waals surface area contributed by atoms with E-state index >= 15 is 0 Å². The summed E-state index contributed by atoms with van der Waals surface area (Å²) in [6.07, 6.45) is -0.858. The fourth-order valence-electron chi connectivity index (χ4n) is 2.76. The monoisotopic (exact) mass is 307 g/mol. The Morgan fingerprint density at radius 3 is 2.41 bits per heavy atom. The Balaban J connectivity index is 2.31. The highest BCUT2D eigenvalue weighted by atomic mass is 16.6. The number of benzene rings is 1. The molecule has 0 aromatic heterocycles. The molecule has 5 nitrogen and oxygen atoms in total. The van der Waals surface area contributed by atoms with E-state index < -0.39 is 23.5 Å². The van der Waals surface area contributed by atoms with E-state index in [1.54, 1.807) is 0 Å². The lowest BCUT2D eigenvalue weighted by Crippen LogP contribution is -2.51. The van der Waals surface area contributed by atoms with Crippen molar-refractivity contribution in [2.45, 2.75) is 58.1 Å². The van der Waals surface area contributed by atoms with Crippen molar-refractivity contribution >= 4 is 6.09 Å². The fourth-order valence-corrected chi connectivity index (χ4v) is 2.76. The molecule has 1 N–H and O–H groups in total. The molecule has 2 rings (SSSR count). The summed E-state index contributed by atoms with van der Waals surface area (Å²) in [4.78, 5) is 14.0. The first-order valence-electron chi connectivity index (χ1n) is 7.51. The summed E-state index contributed by atoms with van der Waals surface area (Å²) in [6.45, 7) is 8.87. The number of rotatable bonds is 2. The highest BCUT2D eigenvalue weighted by molar-refractivity contribution is 5.70. The molecule has 1 aliphatic rings. The van der Waals surface area contributed by atoms with Crippen LogP contribution in [0, 0.1) is 0 Å². The molecule has 1 heterocycles. The largest absolute Gasteiger partial charge is 0.444 e. The van der Waals surface area contributed by atoms with Crippen molar-refractivity contribution in [3.05, 3.63) is 35.9 Å². The average Bonchev–Trinajstić information content (AvgIpc) is 2.68. The Morgan fingerprint density at radius 2 is 1.91 bits per heavy atom. The van der Waals surface area contributed by atoms with Gasteiger partial charge in [0.15, 0.2) is 0 Å². The predicted octanol–water partition coefficient (Wildman–Crippen LogP) is 3.09. The van der Waals surface area contributed by atoms with Crippen molar-refractivity contribution < 1.29 is 19.4 Å². The van der Waals surface area contributed by atoms with Crippen LogP contribution in [0.1, 0.15) is 46.3 Å². The van der Waals surface area contributed by atoms with Crippen molar-refractivity contribution in [1.29, 1.82) is 0 Å². The maximum Gasteiger partial charge on any atom is 0.413 e. The molecule has 0 spiro atoms. The third kappa shape index (κ3) is 3.42. The second-order valence-corrected chi connectivity index (χ2v) is 7.00.